The van der Waals surface area contributed by atoms with E-state index in [1.54, 1.807) is 25.6 Å². The highest BCUT2D eigenvalue weighted by atomic mass is 32.2. The lowest BCUT2D eigenvalue weighted by Crippen LogP contribution is -2.26. The maximum atomic E-state index is 10.8. The highest BCUT2D eigenvalue weighted by molar-refractivity contribution is 7.99. The summed E-state index contributed by atoms with van der Waals surface area (Å²) in [6, 6.07) is 0. The zero-order valence-electron chi connectivity index (χ0n) is 9.08. The number of thioether (sulfide) groups is 1. The van der Waals surface area contributed by atoms with Gasteiger partial charge >= 0.3 is 5.97 Å². The van der Waals surface area contributed by atoms with Gasteiger partial charge in [-0.05, 0) is 38.4 Å². The van der Waals surface area contributed by atoms with E-state index >= 15 is 0 Å². The monoisotopic (exact) mass is 216 g/mol. The van der Waals surface area contributed by atoms with Crippen LogP contribution in [-0.2, 0) is 4.79 Å². The van der Waals surface area contributed by atoms with Gasteiger partial charge in [0, 0.05) is 5.75 Å². The highest BCUT2D eigenvalue weighted by Gasteiger charge is 2.27. The summed E-state index contributed by atoms with van der Waals surface area (Å²) < 4.78 is 0. The standard InChI is InChI=1S/C11H20O2S/c1-11(2,10(12)13)8-14-7-9-5-3-4-6-9/h9H,3-8H2,1-2H3,(H,12,13). The summed E-state index contributed by atoms with van der Waals surface area (Å²) in [6.07, 6.45) is 5.43. The number of rotatable bonds is 5. The van der Waals surface area contributed by atoms with E-state index in [1.807, 2.05) is 0 Å². The number of carboxylic acids is 1. The molecule has 1 N–H and O–H groups in total. The molecular formula is C11H20O2S. The lowest BCUT2D eigenvalue weighted by atomic mass is 9.97. The Bertz CT molecular complexity index is 195. The zero-order valence-corrected chi connectivity index (χ0v) is 9.90. The minimum atomic E-state index is -0.684. The quantitative estimate of drug-likeness (QED) is 0.767. The molecule has 0 radical (unpaired) electrons. The van der Waals surface area contributed by atoms with Crippen LogP contribution in [0.3, 0.4) is 0 Å². The lowest BCUT2D eigenvalue weighted by molar-refractivity contribution is -0.145. The first-order chi connectivity index (χ1) is 6.52. The van der Waals surface area contributed by atoms with Crippen LogP contribution >= 0.6 is 11.8 Å². The third-order valence-electron chi connectivity index (χ3n) is 2.87. The highest BCUT2D eigenvalue weighted by Crippen LogP contribution is 2.30. The molecule has 3 heteroatoms. The Labute approximate surface area is 90.5 Å². The number of hydrogen-bond acceptors (Lipinski definition) is 2. The molecule has 1 rings (SSSR count). The first-order valence-electron chi connectivity index (χ1n) is 5.33. The number of hydrogen-bond donors (Lipinski definition) is 1. The summed E-state index contributed by atoms with van der Waals surface area (Å²) in [4.78, 5) is 10.8. The van der Waals surface area contributed by atoms with Crippen molar-refractivity contribution in [2.24, 2.45) is 11.3 Å². The summed E-state index contributed by atoms with van der Waals surface area (Å²) in [5.74, 6) is 2.05. The van der Waals surface area contributed by atoms with Gasteiger partial charge in [-0.2, -0.15) is 11.8 Å². The maximum absolute atomic E-state index is 10.8. The van der Waals surface area contributed by atoms with Crippen LogP contribution in [0.15, 0.2) is 0 Å². The Kier molecular flexibility index (Phi) is 4.30. The van der Waals surface area contributed by atoms with Crippen LogP contribution in [0.2, 0.25) is 0 Å². The molecule has 0 bridgehead atoms. The molecule has 0 aromatic heterocycles. The minimum absolute atomic E-state index is 0.566. The molecule has 0 heterocycles. The van der Waals surface area contributed by atoms with Gasteiger partial charge in [-0.15, -0.1) is 0 Å². The second kappa shape index (κ2) is 5.06. The first kappa shape index (κ1) is 11.9. The maximum Gasteiger partial charge on any atom is 0.309 e. The Hall–Kier alpha value is -0.180. The fourth-order valence-corrected chi connectivity index (χ4v) is 3.14. The van der Waals surface area contributed by atoms with E-state index in [0.717, 1.165) is 17.4 Å². The fourth-order valence-electron chi connectivity index (χ4n) is 1.72. The van der Waals surface area contributed by atoms with Gasteiger partial charge in [0.2, 0.25) is 0 Å². The van der Waals surface area contributed by atoms with E-state index in [-0.39, 0.29) is 0 Å². The SMILES string of the molecule is CC(C)(CSCC1CCCC1)C(=O)O. The topological polar surface area (TPSA) is 37.3 Å². The fraction of sp³-hybridized carbons (Fsp3) is 0.909. The van der Waals surface area contributed by atoms with Gasteiger partial charge in [0.25, 0.3) is 0 Å². The van der Waals surface area contributed by atoms with E-state index < -0.39 is 11.4 Å². The lowest BCUT2D eigenvalue weighted by Gasteiger charge is -2.19. The molecule has 14 heavy (non-hydrogen) atoms. The van der Waals surface area contributed by atoms with Crippen molar-refractivity contribution in [3.05, 3.63) is 0 Å². The van der Waals surface area contributed by atoms with Crippen LogP contribution in [0.5, 0.6) is 0 Å². The van der Waals surface area contributed by atoms with Gasteiger partial charge in [0.05, 0.1) is 5.41 Å². The Balaban J connectivity index is 2.16. The summed E-state index contributed by atoms with van der Waals surface area (Å²) in [5.41, 5.74) is -0.566. The van der Waals surface area contributed by atoms with Crippen molar-refractivity contribution in [2.45, 2.75) is 39.5 Å². The van der Waals surface area contributed by atoms with E-state index in [1.165, 1.54) is 25.7 Å². The van der Waals surface area contributed by atoms with Crippen molar-refractivity contribution in [3.8, 4) is 0 Å². The normalized spacial score (nSPS) is 18.7. The average Bonchev–Trinajstić information content (AvgIpc) is 2.56. The molecule has 1 aliphatic carbocycles. The van der Waals surface area contributed by atoms with Gasteiger partial charge < -0.3 is 5.11 Å². The molecule has 0 saturated heterocycles. The van der Waals surface area contributed by atoms with Crippen LogP contribution in [0.25, 0.3) is 0 Å². The van der Waals surface area contributed by atoms with Crippen LogP contribution in [0.1, 0.15) is 39.5 Å². The molecular weight excluding hydrogens is 196 g/mol. The van der Waals surface area contributed by atoms with Gasteiger partial charge in [0.15, 0.2) is 0 Å². The molecule has 1 fully saturated rings. The largest absolute Gasteiger partial charge is 0.481 e. The molecule has 0 spiro atoms. The summed E-state index contributed by atoms with van der Waals surface area (Å²) in [7, 11) is 0. The predicted octanol–water partition coefficient (Wildman–Crippen LogP) is 3.02. The van der Waals surface area contributed by atoms with Crippen molar-refractivity contribution < 1.29 is 9.90 Å². The second-order valence-electron chi connectivity index (χ2n) is 4.85. The molecule has 82 valence electrons. The van der Waals surface area contributed by atoms with Crippen molar-refractivity contribution in [1.29, 1.82) is 0 Å². The minimum Gasteiger partial charge on any atom is -0.481 e. The van der Waals surface area contributed by atoms with E-state index in [2.05, 4.69) is 0 Å². The molecule has 2 nitrogen and oxygen atoms in total. The summed E-state index contributed by atoms with van der Waals surface area (Å²) in [5, 5.41) is 8.92. The van der Waals surface area contributed by atoms with E-state index in [0.29, 0.717) is 0 Å². The van der Waals surface area contributed by atoms with Gasteiger partial charge in [-0.3, -0.25) is 4.79 Å². The predicted molar refractivity (Wildman–Crippen MR) is 60.7 cm³/mol. The molecule has 0 aromatic carbocycles. The Morgan fingerprint density at radius 2 is 2.00 bits per heavy atom. The molecule has 1 saturated carbocycles. The molecule has 1 aliphatic rings. The molecule has 0 aromatic rings. The number of aliphatic carboxylic acids is 1. The Morgan fingerprint density at radius 3 is 2.50 bits per heavy atom. The molecule has 0 atom stereocenters. The molecule has 0 amide bonds. The van der Waals surface area contributed by atoms with Gasteiger partial charge in [-0.1, -0.05) is 12.8 Å². The average molecular weight is 216 g/mol. The second-order valence-corrected chi connectivity index (χ2v) is 5.88. The first-order valence-corrected chi connectivity index (χ1v) is 6.49. The van der Waals surface area contributed by atoms with Gasteiger partial charge in [-0.25, -0.2) is 0 Å². The van der Waals surface area contributed by atoms with Crippen molar-refractivity contribution in [2.75, 3.05) is 11.5 Å². The van der Waals surface area contributed by atoms with Crippen molar-refractivity contribution in [1.82, 2.24) is 0 Å². The van der Waals surface area contributed by atoms with Crippen LogP contribution in [0.4, 0.5) is 0 Å². The number of carboxylic acid groups (broad SMARTS) is 1. The summed E-state index contributed by atoms with van der Waals surface area (Å²) in [6.45, 7) is 3.61. The molecule has 0 aliphatic heterocycles. The van der Waals surface area contributed by atoms with Gasteiger partial charge in [0.1, 0.15) is 0 Å². The Morgan fingerprint density at radius 1 is 1.43 bits per heavy atom. The van der Waals surface area contributed by atoms with Crippen LogP contribution < -0.4 is 0 Å². The van der Waals surface area contributed by atoms with E-state index in [4.69, 9.17) is 5.11 Å². The zero-order chi connectivity index (χ0) is 10.6. The van der Waals surface area contributed by atoms with Crippen LogP contribution in [-0.4, -0.2) is 22.6 Å². The molecule has 0 unspecified atom stereocenters. The van der Waals surface area contributed by atoms with E-state index in [9.17, 15) is 4.79 Å². The third-order valence-corrected chi connectivity index (χ3v) is 4.50. The van der Waals surface area contributed by atoms with Crippen molar-refractivity contribution >= 4 is 17.7 Å². The van der Waals surface area contributed by atoms with Crippen LogP contribution in [0, 0.1) is 11.3 Å². The summed E-state index contributed by atoms with van der Waals surface area (Å²) >= 11 is 1.80. The van der Waals surface area contributed by atoms with Crippen molar-refractivity contribution in [3.63, 3.8) is 0 Å². The third kappa shape index (κ3) is 3.52. The smallest absolute Gasteiger partial charge is 0.309 e. The number of carbonyl (C=O) groups is 1.